The molecule has 1 aromatic heterocycles. The van der Waals surface area contributed by atoms with Gasteiger partial charge in [0.05, 0.1) is 38.6 Å². The summed E-state index contributed by atoms with van der Waals surface area (Å²) in [5.41, 5.74) is 0.672. The van der Waals surface area contributed by atoms with Crippen LogP contribution in [-0.2, 0) is 16.1 Å². The molecular formula is C19H19NO6. The van der Waals surface area contributed by atoms with Gasteiger partial charge in [-0.05, 0) is 36.8 Å². The first-order chi connectivity index (χ1) is 12.5. The summed E-state index contributed by atoms with van der Waals surface area (Å²) in [5.74, 6) is -0.00495. The van der Waals surface area contributed by atoms with Crippen molar-refractivity contribution in [1.29, 1.82) is 0 Å². The van der Waals surface area contributed by atoms with Crippen LogP contribution in [0.1, 0.15) is 24.3 Å². The molecule has 0 bridgehead atoms. The van der Waals surface area contributed by atoms with Crippen molar-refractivity contribution >= 4 is 11.7 Å². The SMILES string of the molecule is COc1ccc(C2C(C(C)=O)=C(O)C(=O)N2Cc2ccco2)cc1OC. The molecular weight excluding hydrogens is 338 g/mol. The van der Waals surface area contributed by atoms with Crippen LogP contribution < -0.4 is 9.47 Å². The molecule has 7 heteroatoms. The molecule has 1 N–H and O–H groups in total. The summed E-state index contributed by atoms with van der Waals surface area (Å²) >= 11 is 0. The van der Waals surface area contributed by atoms with Crippen molar-refractivity contribution in [2.24, 2.45) is 0 Å². The lowest BCUT2D eigenvalue weighted by atomic mass is 9.96. The van der Waals surface area contributed by atoms with Crippen molar-refractivity contribution in [1.82, 2.24) is 4.90 Å². The molecule has 0 aliphatic carbocycles. The van der Waals surface area contributed by atoms with E-state index in [9.17, 15) is 14.7 Å². The Morgan fingerprint density at radius 3 is 2.54 bits per heavy atom. The summed E-state index contributed by atoms with van der Waals surface area (Å²) in [4.78, 5) is 26.1. The monoisotopic (exact) mass is 357 g/mol. The van der Waals surface area contributed by atoms with Gasteiger partial charge in [0.25, 0.3) is 5.91 Å². The highest BCUT2D eigenvalue weighted by atomic mass is 16.5. The standard InChI is InChI=1S/C19H19NO6/c1-11(21)16-17(12-6-7-14(24-2)15(9-12)25-3)20(19(23)18(16)22)10-13-5-4-8-26-13/h4-9,17,22H,10H2,1-3H3. The second-order valence-electron chi connectivity index (χ2n) is 5.85. The summed E-state index contributed by atoms with van der Waals surface area (Å²) < 4.78 is 15.9. The minimum absolute atomic E-state index is 0.0498. The topological polar surface area (TPSA) is 89.2 Å². The number of ketones is 1. The van der Waals surface area contributed by atoms with E-state index in [1.165, 1.54) is 32.3 Å². The van der Waals surface area contributed by atoms with E-state index >= 15 is 0 Å². The third-order valence-corrected chi connectivity index (χ3v) is 4.31. The summed E-state index contributed by atoms with van der Waals surface area (Å²) in [6, 6.07) is 7.80. The minimum atomic E-state index is -0.745. The maximum atomic E-state index is 12.6. The van der Waals surface area contributed by atoms with Gasteiger partial charge in [-0.1, -0.05) is 6.07 Å². The predicted molar refractivity (Wildman–Crippen MR) is 91.9 cm³/mol. The Kier molecular flexibility index (Phi) is 4.71. The highest BCUT2D eigenvalue weighted by molar-refractivity contribution is 6.08. The molecule has 0 radical (unpaired) electrons. The van der Waals surface area contributed by atoms with Crippen molar-refractivity contribution in [3.8, 4) is 11.5 Å². The van der Waals surface area contributed by atoms with E-state index in [1.807, 2.05) is 0 Å². The molecule has 3 rings (SSSR count). The van der Waals surface area contributed by atoms with E-state index in [0.717, 1.165) is 0 Å². The summed E-state index contributed by atoms with van der Waals surface area (Å²) in [7, 11) is 3.02. The molecule has 0 spiro atoms. The van der Waals surface area contributed by atoms with Crippen LogP contribution in [0, 0.1) is 0 Å². The number of Topliss-reactive ketones (excluding diaryl/α,β-unsaturated/α-hetero) is 1. The van der Waals surface area contributed by atoms with Crippen LogP contribution in [0.4, 0.5) is 0 Å². The molecule has 26 heavy (non-hydrogen) atoms. The van der Waals surface area contributed by atoms with Crippen LogP contribution in [-0.4, -0.2) is 35.9 Å². The van der Waals surface area contributed by atoms with Crippen LogP contribution in [0.3, 0.4) is 0 Å². The maximum Gasteiger partial charge on any atom is 0.290 e. The van der Waals surface area contributed by atoms with Crippen LogP contribution >= 0.6 is 0 Å². The Labute approximate surface area is 150 Å². The first-order valence-corrected chi connectivity index (χ1v) is 7.97. The number of nitrogens with zero attached hydrogens (tertiary/aromatic N) is 1. The third kappa shape index (κ3) is 2.92. The van der Waals surface area contributed by atoms with E-state index in [1.54, 1.807) is 30.3 Å². The molecule has 0 saturated carbocycles. The highest BCUT2D eigenvalue weighted by Crippen LogP contribution is 2.41. The number of hydrogen-bond acceptors (Lipinski definition) is 6. The van der Waals surface area contributed by atoms with Gasteiger partial charge in [0.15, 0.2) is 23.0 Å². The number of hydrogen-bond donors (Lipinski definition) is 1. The molecule has 1 unspecified atom stereocenters. The van der Waals surface area contributed by atoms with Crippen LogP contribution in [0.2, 0.25) is 0 Å². The fraction of sp³-hybridized carbons (Fsp3) is 0.263. The second-order valence-corrected chi connectivity index (χ2v) is 5.85. The number of methoxy groups -OCH3 is 2. The Balaban J connectivity index is 2.09. The van der Waals surface area contributed by atoms with E-state index in [0.29, 0.717) is 22.8 Å². The fourth-order valence-corrected chi connectivity index (χ4v) is 3.12. The zero-order chi connectivity index (χ0) is 18.8. The van der Waals surface area contributed by atoms with Gasteiger partial charge in [-0.25, -0.2) is 0 Å². The largest absolute Gasteiger partial charge is 0.503 e. The van der Waals surface area contributed by atoms with Crippen molar-refractivity contribution in [3.05, 3.63) is 59.3 Å². The first kappa shape index (κ1) is 17.6. The van der Waals surface area contributed by atoms with E-state index in [-0.39, 0.29) is 17.9 Å². The maximum absolute atomic E-state index is 12.6. The number of rotatable bonds is 6. The highest BCUT2D eigenvalue weighted by Gasteiger charge is 2.42. The number of carbonyl (C=O) groups excluding carboxylic acids is 2. The molecule has 2 aromatic rings. The van der Waals surface area contributed by atoms with Crippen molar-refractivity contribution in [2.45, 2.75) is 19.5 Å². The summed E-state index contributed by atoms with van der Waals surface area (Å²) in [6.45, 7) is 1.44. The number of carbonyl (C=O) groups is 2. The van der Waals surface area contributed by atoms with E-state index in [4.69, 9.17) is 13.9 Å². The first-order valence-electron chi connectivity index (χ1n) is 7.97. The van der Waals surface area contributed by atoms with Crippen LogP contribution in [0.15, 0.2) is 52.3 Å². The van der Waals surface area contributed by atoms with Gasteiger partial charge < -0.3 is 23.9 Å². The van der Waals surface area contributed by atoms with Crippen molar-refractivity contribution < 1.29 is 28.6 Å². The van der Waals surface area contributed by atoms with Crippen LogP contribution in [0.5, 0.6) is 11.5 Å². The Morgan fingerprint density at radius 2 is 1.96 bits per heavy atom. The number of amides is 1. The number of ether oxygens (including phenoxy) is 2. The number of aliphatic hydroxyl groups is 1. The zero-order valence-corrected chi connectivity index (χ0v) is 14.7. The van der Waals surface area contributed by atoms with Gasteiger partial charge in [-0.15, -0.1) is 0 Å². The fourth-order valence-electron chi connectivity index (χ4n) is 3.12. The Morgan fingerprint density at radius 1 is 1.23 bits per heavy atom. The molecule has 2 heterocycles. The molecule has 1 aliphatic rings. The molecule has 1 aliphatic heterocycles. The van der Waals surface area contributed by atoms with Crippen molar-refractivity contribution in [3.63, 3.8) is 0 Å². The van der Waals surface area contributed by atoms with Gasteiger partial charge in [-0.2, -0.15) is 0 Å². The second kappa shape index (κ2) is 6.95. The predicted octanol–water partition coefficient (Wildman–Crippen LogP) is 2.78. The zero-order valence-electron chi connectivity index (χ0n) is 14.7. The van der Waals surface area contributed by atoms with Gasteiger partial charge in [0.2, 0.25) is 0 Å². The molecule has 1 amide bonds. The van der Waals surface area contributed by atoms with Gasteiger partial charge >= 0.3 is 0 Å². The van der Waals surface area contributed by atoms with Crippen molar-refractivity contribution in [2.75, 3.05) is 14.2 Å². The molecule has 1 aromatic carbocycles. The third-order valence-electron chi connectivity index (χ3n) is 4.31. The van der Waals surface area contributed by atoms with Gasteiger partial charge in [-0.3, -0.25) is 9.59 Å². The smallest absolute Gasteiger partial charge is 0.290 e. The number of furan rings is 1. The average molecular weight is 357 g/mol. The minimum Gasteiger partial charge on any atom is -0.503 e. The number of benzene rings is 1. The Bertz CT molecular complexity index is 868. The average Bonchev–Trinajstić information content (AvgIpc) is 3.23. The number of aliphatic hydroxyl groups excluding tert-OH is 1. The van der Waals surface area contributed by atoms with E-state index in [2.05, 4.69) is 0 Å². The summed E-state index contributed by atoms with van der Waals surface area (Å²) in [6.07, 6.45) is 1.50. The molecule has 7 nitrogen and oxygen atoms in total. The quantitative estimate of drug-likeness (QED) is 0.855. The van der Waals surface area contributed by atoms with Gasteiger partial charge in [0.1, 0.15) is 5.76 Å². The van der Waals surface area contributed by atoms with Gasteiger partial charge in [0, 0.05) is 0 Å². The Hall–Kier alpha value is -3.22. The summed E-state index contributed by atoms with van der Waals surface area (Å²) in [5, 5.41) is 10.3. The molecule has 0 saturated heterocycles. The lowest BCUT2D eigenvalue weighted by Gasteiger charge is -2.26. The lowest BCUT2D eigenvalue weighted by molar-refractivity contribution is -0.130. The normalized spacial score (nSPS) is 17.0. The van der Waals surface area contributed by atoms with E-state index < -0.39 is 17.7 Å². The molecule has 136 valence electrons. The lowest BCUT2D eigenvalue weighted by Crippen LogP contribution is -2.30. The molecule has 0 fully saturated rings. The molecule has 1 atom stereocenters. The van der Waals surface area contributed by atoms with Crippen LogP contribution in [0.25, 0.3) is 0 Å².